The van der Waals surface area contributed by atoms with Gasteiger partial charge < -0.3 is 5.32 Å². The van der Waals surface area contributed by atoms with E-state index in [1.54, 1.807) is 12.1 Å². The van der Waals surface area contributed by atoms with E-state index in [4.69, 9.17) is 23.2 Å². The molecule has 3 rings (SSSR count). The van der Waals surface area contributed by atoms with Crippen LogP contribution in [0.2, 0.25) is 10.0 Å². The van der Waals surface area contributed by atoms with Crippen molar-refractivity contribution in [3.63, 3.8) is 0 Å². The van der Waals surface area contributed by atoms with Gasteiger partial charge in [-0.3, -0.25) is 4.79 Å². The predicted octanol–water partition coefficient (Wildman–Crippen LogP) is 3.85. The van der Waals surface area contributed by atoms with E-state index in [1.807, 2.05) is 0 Å². The first-order valence-electron chi connectivity index (χ1n) is 8.75. The summed E-state index contributed by atoms with van der Waals surface area (Å²) in [4.78, 5) is 12.5. The van der Waals surface area contributed by atoms with Crippen molar-refractivity contribution >= 4 is 39.1 Å². The van der Waals surface area contributed by atoms with E-state index in [0.29, 0.717) is 19.4 Å². The van der Waals surface area contributed by atoms with Crippen LogP contribution in [-0.4, -0.2) is 31.7 Å². The van der Waals surface area contributed by atoms with Gasteiger partial charge in [0.05, 0.1) is 10.9 Å². The van der Waals surface area contributed by atoms with Crippen molar-refractivity contribution in [2.75, 3.05) is 13.1 Å². The molecular formula is C19H19Cl2FN2O3S. The van der Waals surface area contributed by atoms with Crippen LogP contribution in [0.4, 0.5) is 4.39 Å². The lowest BCUT2D eigenvalue weighted by atomic mass is 9.99. The lowest BCUT2D eigenvalue weighted by Gasteiger charge is -2.31. The molecule has 150 valence electrons. The molecule has 0 aromatic heterocycles. The Balaban J connectivity index is 1.68. The number of piperidine rings is 1. The Morgan fingerprint density at radius 1 is 1.18 bits per heavy atom. The largest absolute Gasteiger partial charge is 0.352 e. The number of sulfonamides is 1. The summed E-state index contributed by atoms with van der Waals surface area (Å²) in [5.41, 5.74) is 0.765. The highest BCUT2D eigenvalue weighted by Gasteiger charge is 2.34. The zero-order valence-corrected chi connectivity index (χ0v) is 17.2. The van der Waals surface area contributed by atoms with Gasteiger partial charge in [0.15, 0.2) is 0 Å². The number of nitrogens with zero attached hydrogens (tertiary/aromatic N) is 1. The molecule has 0 aliphatic carbocycles. The minimum Gasteiger partial charge on any atom is -0.352 e. The fourth-order valence-electron chi connectivity index (χ4n) is 3.12. The third kappa shape index (κ3) is 4.84. The van der Waals surface area contributed by atoms with Gasteiger partial charge in [-0.1, -0.05) is 35.3 Å². The molecule has 1 aliphatic rings. The van der Waals surface area contributed by atoms with Gasteiger partial charge in [0.1, 0.15) is 10.7 Å². The van der Waals surface area contributed by atoms with Gasteiger partial charge in [0.25, 0.3) is 0 Å². The SMILES string of the molecule is O=C(NCc1ccc(F)cc1)C1CCCN(S(=O)(=O)c2cc(Cl)ccc2Cl)C1. The molecule has 2 aromatic carbocycles. The fraction of sp³-hybridized carbons (Fsp3) is 0.316. The highest BCUT2D eigenvalue weighted by atomic mass is 35.5. The monoisotopic (exact) mass is 444 g/mol. The molecule has 1 aliphatic heterocycles. The Labute approximate surface area is 173 Å². The maximum absolute atomic E-state index is 13.0. The molecule has 2 aromatic rings. The van der Waals surface area contributed by atoms with Crippen LogP contribution in [0.25, 0.3) is 0 Å². The van der Waals surface area contributed by atoms with Crippen molar-refractivity contribution in [1.29, 1.82) is 0 Å². The van der Waals surface area contributed by atoms with Crippen LogP contribution in [0.1, 0.15) is 18.4 Å². The molecule has 0 spiro atoms. The lowest BCUT2D eigenvalue weighted by Crippen LogP contribution is -2.45. The number of benzene rings is 2. The van der Waals surface area contributed by atoms with E-state index < -0.39 is 15.9 Å². The van der Waals surface area contributed by atoms with Gasteiger partial charge in [0.2, 0.25) is 15.9 Å². The van der Waals surface area contributed by atoms with Crippen LogP contribution in [0.5, 0.6) is 0 Å². The summed E-state index contributed by atoms with van der Waals surface area (Å²) in [6, 6.07) is 10.1. The van der Waals surface area contributed by atoms with E-state index in [1.165, 1.54) is 34.6 Å². The van der Waals surface area contributed by atoms with E-state index in [0.717, 1.165) is 5.56 Å². The van der Waals surface area contributed by atoms with E-state index >= 15 is 0 Å². The number of hydrogen-bond acceptors (Lipinski definition) is 3. The average molecular weight is 445 g/mol. The van der Waals surface area contributed by atoms with Gasteiger partial charge in [-0.25, -0.2) is 12.8 Å². The molecule has 1 saturated heterocycles. The Morgan fingerprint density at radius 3 is 2.61 bits per heavy atom. The summed E-state index contributed by atoms with van der Waals surface area (Å²) >= 11 is 12.0. The zero-order chi connectivity index (χ0) is 20.3. The zero-order valence-electron chi connectivity index (χ0n) is 14.9. The molecule has 5 nitrogen and oxygen atoms in total. The highest BCUT2D eigenvalue weighted by Crippen LogP contribution is 2.30. The summed E-state index contributed by atoms with van der Waals surface area (Å²) in [7, 11) is -3.86. The fourth-order valence-corrected chi connectivity index (χ4v) is 5.39. The number of rotatable bonds is 5. The minimum absolute atomic E-state index is 0.0611. The maximum atomic E-state index is 13.0. The van der Waals surface area contributed by atoms with Crippen molar-refractivity contribution in [3.8, 4) is 0 Å². The van der Waals surface area contributed by atoms with Crippen molar-refractivity contribution in [2.45, 2.75) is 24.3 Å². The second-order valence-corrected chi connectivity index (χ2v) is 9.37. The predicted molar refractivity (Wildman–Crippen MR) is 106 cm³/mol. The number of amides is 1. The standard InChI is InChI=1S/C19H19Cl2FN2O3S/c20-15-5-8-17(21)18(10-15)28(26,27)24-9-1-2-14(12-24)19(25)23-11-13-3-6-16(22)7-4-13/h3-8,10,14H,1-2,9,11-12H2,(H,23,25). The molecule has 1 fully saturated rings. The molecule has 1 unspecified atom stereocenters. The number of hydrogen-bond donors (Lipinski definition) is 1. The quantitative estimate of drug-likeness (QED) is 0.761. The summed E-state index contributed by atoms with van der Waals surface area (Å²) in [6.45, 7) is 0.635. The molecule has 1 atom stereocenters. The third-order valence-electron chi connectivity index (χ3n) is 4.65. The van der Waals surface area contributed by atoms with Crippen LogP contribution in [-0.2, 0) is 21.4 Å². The molecule has 9 heteroatoms. The van der Waals surface area contributed by atoms with Crippen LogP contribution < -0.4 is 5.32 Å². The van der Waals surface area contributed by atoms with Crippen molar-refractivity contribution in [1.82, 2.24) is 9.62 Å². The second kappa shape index (κ2) is 8.78. The number of carbonyl (C=O) groups excluding carboxylic acids is 1. The van der Waals surface area contributed by atoms with Crippen molar-refractivity contribution in [2.24, 2.45) is 5.92 Å². The third-order valence-corrected chi connectivity index (χ3v) is 7.23. The molecule has 28 heavy (non-hydrogen) atoms. The average Bonchev–Trinajstić information content (AvgIpc) is 2.69. The second-order valence-electron chi connectivity index (χ2n) is 6.62. The molecule has 1 amide bonds. The summed E-state index contributed by atoms with van der Waals surface area (Å²) in [6.07, 6.45) is 1.15. The Kier molecular flexibility index (Phi) is 6.60. The molecule has 0 saturated carbocycles. The first kappa shape index (κ1) is 21.0. The van der Waals surface area contributed by atoms with Gasteiger partial charge in [0, 0.05) is 24.7 Å². The van der Waals surface area contributed by atoms with E-state index in [2.05, 4.69) is 5.32 Å². The van der Waals surface area contributed by atoms with Crippen LogP contribution in [0, 0.1) is 11.7 Å². The maximum Gasteiger partial charge on any atom is 0.244 e. The normalized spacial score (nSPS) is 18.0. The molecule has 1 heterocycles. The topological polar surface area (TPSA) is 66.5 Å². The van der Waals surface area contributed by atoms with Gasteiger partial charge >= 0.3 is 0 Å². The van der Waals surface area contributed by atoms with Crippen LogP contribution in [0.15, 0.2) is 47.4 Å². The molecule has 0 radical (unpaired) electrons. The lowest BCUT2D eigenvalue weighted by molar-refractivity contribution is -0.126. The van der Waals surface area contributed by atoms with Crippen LogP contribution >= 0.6 is 23.2 Å². The van der Waals surface area contributed by atoms with Gasteiger partial charge in [-0.05, 0) is 48.7 Å². The minimum atomic E-state index is -3.86. The first-order chi connectivity index (χ1) is 13.3. The van der Waals surface area contributed by atoms with Crippen molar-refractivity contribution in [3.05, 3.63) is 63.9 Å². The van der Waals surface area contributed by atoms with Crippen LogP contribution in [0.3, 0.4) is 0 Å². The highest BCUT2D eigenvalue weighted by molar-refractivity contribution is 7.89. The summed E-state index contributed by atoms with van der Waals surface area (Å²) < 4.78 is 40.1. The summed E-state index contributed by atoms with van der Waals surface area (Å²) in [5, 5.41) is 3.15. The molecule has 0 bridgehead atoms. The molecule has 1 N–H and O–H groups in total. The Morgan fingerprint density at radius 2 is 1.89 bits per heavy atom. The number of halogens is 3. The number of carbonyl (C=O) groups is 1. The Bertz CT molecular complexity index is 968. The van der Waals surface area contributed by atoms with Crippen molar-refractivity contribution < 1.29 is 17.6 Å². The van der Waals surface area contributed by atoms with Gasteiger partial charge in [-0.15, -0.1) is 0 Å². The smallest absolute Gasteiger partial charge is 0.244 e. The number of nitrogens with one attached hydrogen (secondary N) is 1. The van der Waals surface area contributed by atoms with E-state index in [9.17, 15) is 17.6 Å². The Hall–Kier alpha value is -1.67. The van der Waals surface area contributed by atoms with E-state index in [-0.39, 0.29) is 39.8 Å². The van der Waals surface area contributed by atoms with Gasteiger partial charge in [-0.2, -0.15) is 4.31 Å². The molecular weight excluding hydrogens is 426 g/mol. The first-order valence-corrected chi connectivity index (χ1v) is 10.9. The summed E-state index contributed by atoms with van der Waals surface area (Å²) in [5.74, 6) is -1.05.